The first-order chi connectivity index (χ1) is 6.84. The monoisotopic (exact) mass is 195 g/mol. The first-order valence-electron chi connectivity index (χ1n) is 5.92. The standard InChI is InChI=1S/C12H21NO/c14-12-7-3-4-10(8-12)9-13-11-5-1-2-6-11/h1,5,10-14H,2-4,6-9H2. The molecule has 3 unspecified atom stereocenters. The maximum atomic E-state index is 9.53. The first-order valence-corrected chi connectivity index (χ1v) is 5.92. The van der Waals surface area contributed by atoms with Crippen LogP contribution in [0.3, 0.4) is 0 Å². The second kappa shape index (κ2) is 4.94. The van der Waals surface area contributed by atoms with Gasteiger partial charge in [-0.1, -0.05) is 18.6 Å². The van der Waals surface area contributed by atoms with Crippen LogP contribution in [0.4, 0.5) is 0 Å². The smallest absolute Gasteiger partial charge is 0.0543 e. The van der Waals surface area contributed by atoms with Crippen LogP contribution in [-0.4, -0.2) is 23.8 Å². The molecule has 0 aromatic heterocycles. The minimum atomic E-state index is -0.0327. The molecule has 0 heterocycles. The molecule has 2 rings (SSSR count). The van der Waals surface area contributed by atoms with Crippen molar-refractivity contribution >= 4 is 0 Å². The maximum Gasteiger partial charge on any atom is 0.0543 e. The van der Waals surface area contributed by atoms with Gasteiger partial charge in [-0.25, -0.2) is 0 Å². The predicted molar refractivity (Wildman–Crippen MR) is 58.1 cm³/mol. The van der Waals surface area contributed by atoms with Crippen molar-refractivity contribution in [3.8, 4) is 0 Å². The molecule has 0 bridgehead atoms. The number of allylic oxidation sites excluding steroid dienone is 1. The summed E-state index contributed by atoms with van der Waals surface area (Å²) < 4.78 is 0. The van der Waals surface area contributed by atoms with Crippen molar-refractivity contribution in [2.75, 3.05) is 6.54 Å². The van der Waals surface area contributed by atoms with Gasteiger partial charge in [0.1, 0.15) is 0 Å². The lowest BCUT2D eigenvalue weighted by atomic mass is 9.87. The molecule has 0 saturated heterocycles. The molecule has 1 saturated carbocycles. The molecule has 0 aromatic carbocycles. The molecule has 2 nitrogen and oxygen atoms in total. The lowest BCUT2D eigenvalue weighted by molar-refractivity contribution is 0.100. The van der Waals surface area contributed by atoms with Gasteiger partial charge >= 0.3 is 0 Å². The number of rotatable bonds is 3. The molecule has 0 spiro atoms. The van der Waals surface area contributed by atoms with Crippen molar-refractivity contribution in [3.05, 3.63) is 12.2 Å². The van der Waals surface area contributed by atoms with Gasteiger partial charge < -0.3 is 10.4 Å². The zero-order valence-corrected chi connectivity index (χ0v) is 8.78. The molecule has 0 aliphatic heterocycles. The molecule has 0 radical (unpaired) electrons. The van der Waals surface area contributed by atoms with E-state index >= 15 is 0 Å². The number of nitrogens with one attached hydrogen (secondary N) is 1. The SMILES string of the molecule is OC1CCCC(CNC2C=CCC2)C1. The summed E-state index contributed by atoms with van der Waals surface area (Å²) in [5, 5.41) is 13.1. The lowest BCUT2D eigenvalue weighted by Crippen LogP contribution is -2.33. The maximum absolute atomic E-state index is 9.53. The molecule has 80 valence electrons. The zero-order valence-electron chi connectivity index (χ0n) is 8.78. The molecule has 3 atom stereocenters. The van der Waals surface area contributed by atoms with E-state index in [1.165, 1.54) is 25.7 Å². The van der Waals surface area contributed by atoms with Crippen molar-refractivity contribution in [2.45, 2.75) is 50.7 Å². The van der Waals surface area contributed by atoms with Crippen LogP contribution in [0.25, 0.3) is 0 Å². The van der Waals surface area contributed by atoms with Crippen LogP contribution >= 0.6 is 0 Å². The fourth-order valence-corrected chi connectivity index (χ4v) is 2.57. The molecule has 2 N–H and O–H groups in total. The molecule has 2 aliphatic rings. The Balaban J connectivity index is 1.66. The third-order valence-electron chi connectivity index (χ3n) is 3.44. The summed E-state index contributed by atoms with van der Waals surface area (Å²) in [5.41, 5.74) is 0. The number of hydrogen-bond donors (Lipinski definition) is 2. The Morgan fingerprint density at radius 2 is 2.21 bits per heavy atom. The van der Waals surface area contributed by atoms with Crippen LogP contribution < -0.4 is 5.32 Å². The summed E-state index contributed by atoms with van der Waals surface area (Å²) in [6.07, 6.45) is 11.5. The van der Waals surface area contributed by atoms with Crippen LogP contribution in [0, 0.1) is 5.92 Å². The van der Waals surface area contributed by atoms with Crippen molar-refractivity contribution in [1.82, 2.24) is 5.32 Å². The second-order valence-electron chi connectivity index (χ2n) is 4.71. The van der Waals surface area contributed by atoms with Gasteiger partial charge in [0.05, 0.1) is 6.10 Å². The zero-order chi connectivity index (χ0) is 9.80. The molecule has 0 aromatic rings. The van der Waals surface area contributed by atoms with Gasteiger partial charge in [-0.2, -0.15) is 0 Å². The average molecular weight is 195 g/mol. The van der Waals surface area contributed by atoms with Crippen LogP contribution in [0.5, 0.6) is 0 Å². The Kier molecular flexibility index (Phi) is 3.60. The number of hydrogen-bond acceptors (Lipinski definition) is 2. The molecule has 2 heteroatoms. The summed E-state index contributed by atoms with van der Waals surface area (Å²) in [5.74, 6) is 0.702. The third-order valence-corrected chi connectivity index (χ3v) is 3.44. The van der Waals surface area contributed by atoms with Crippen molar-refractivity contribution in [3.63, 3.8) is 0 Å². The Hall–Kier alpha value is -0.340. The summed E-state index contributed by atoms with van der Waals surface area (Å²) >= 11 is 0. The van der Waals surface area contributed by atoms with E-state index in [4.69, 9.17) is 0 Å². The summed E-state index contributed by atoms with van der Waals surface area (Å²) in [7, 11) is 0. The van der Waals surface area contributed by atoms with E-state index in [1.54, 1.807) is 0 Å². The van der Waals surface area contributed by atoms with Crippen LogP contribution in [-0.2, 0) is 0 Å². The third kappa shape index (κ3) is 2.82. The second-order valence-corrected chi connectivity index (χ2v) is 4.71. The highest BCUT2D eigenvalue weighted by molar-refractivity contribution is 5.00. The van der Waals surface area contributed by atoms with Gasteiger partial charge in [0, 0.05) is 6.04 Å². The van der Waals surface area contributed by atoms with Crippen LogP contribution in [0.15, 0.2) is 12.2 Å². The number of aliphatic hydroxyl groups is 1. The van der Waals surface area contributed by atoms with Gasteiger partial charge in [-0.15, -0.1) is 0 Å². The van der Waals surface area contributed by atoms with Crippen LogP contribution in [0.1, 0.15) is 38.5 Å². The largest absolute Gasteiger partial charge is 0.393 e. The topological polar surface area (TPSA) is 32.3 Å². The van der Waals surface area contributed by atoms with Gasteiger partial charge in [-0.05, 0) is 44.6 Å². The predicted octanol–water partition coefficient (Wildman–Crippen LogP) is 1.85. The highest BCUT2D eigenvalue weighted by Gasteiger charge is 2.20. The highest BCUT2D eigenvalue weighted by atomic mass is 16.3. The minimum Gasteiger partial charge on any atom is -0.393 e. The Morgan fingerprint density at radius 1 is 1.29 bits per heavy atom. The highest BCUT2D eigenvalue weighted by Crippen LogP contribution is 2.23. The quantitative estimate of drug-likeness (QED) is 0.674. The van der Waals surface area contributed by atoms with Gasteiger partial charge in [-0.3, -0.25) is 0 Å². The normalized spacial score (nSPS) is 37.6. The van der Waals surface area contributed by atoms with Crippen molar-refractivity contribution in [2.24, 2.45) is 5.92 Å². The minimum absolute atomic E-state index is 0.0327. The molecular formula is C12H21NO. The Bertz CT molecular complexity index is 202. The molecule has 2 aliphatic carbocycles. The van der Waals surface area contributed by atoms with E-state index in [0.717, 1.165) is 19.4 Å². The van der Waals surface area contributed by atoms with E-state index in [9.17, 15) is 5.11 Å². The Labute approximate surface area is 86.4 Å². The average Bonchev–Trinajstić information content (AvgIpc) is 2.67. The molecule has 1 fully saturated rings. The summed E-state index contributed by atoms with van der Waals surface area (Å²) in [6, 6.07) is 0.606. The van der Waals surface area contributed by atoms with E-state index in [-0.39, 0.29) is 6.10 Å². The van der Waals surface area contributed by atoms with Gasteiger partial charge in [0.15, 0.2) is 0 Å². The van der Waals surface area contributed by atoms with Gasteiger partial charge in [0.25, 0.3) is 0 Å². The number of aliphatic hydroxyl groups excluding tert-OH is 1. The van der Waals surface area contributed by atoms with Crippen molar-refractivity contribution in [1.29, 1.82) is 0 Å². The van der Waals surface area contributed by atoms with E-state index < -0.39 is 0 Å². The fourth-order valence-electron chi connectivity index (χ4n) is 2.57. The van der Waals surface area contributed by atoms with E-state index in [0.29, 0.717) is 12.0 Å². The lowest BCUT2D eigenvalue weighted by Gasteiger charge is -2.27. The molecule has 0 amide bonds. The van der Waals surface area contributed by atoms with E-state index in [1.807, 2.05) is 0 Å². The Morgan fingerprint density at radius 3 is 2.93 bits per heavy atom. The van der Waals surface area contributed by atoms with Crippen LogP contribution in [0.2, 0.25) is 0 Å². The molecular weight excluding hydrogens is 174 g/mol. The molecule has 14 heavy (non-hydrogen) atoms. The van der Waals surface area contributed by atoms with Gasteiger partial charge in [0.2, 0.25) is 0 Å². The fraction of sp³-hybridized carbons (Fsp3) is 0.833. The van der Waals surface area contributed by atoms with E-state index in [2.05, 4.69) is 17.5 Å². The summed E-state index contributed by atoms with van der Waals surface area (Å²) in [4.78, 5) is 0. The summed E-state index contributed by atoms with van der Waals surface area (Å²) in [6.45, 7) is 1.09. The van der Waals surface area contributed by atoms with Crippen molar-refractivity contribution < 1.29 is 5.11 Å². The first kappa shape index (κ1) is 10.2.